The number of aromatic nitrogens is 3. The Kier molecular flexibility index (Phi) is 7.36. The first-order valence-corrected chi connectivity index (χ1v) is 9.49. The first-order chi connectivity index (χ1) is 11.2. The minimum atomic E-state index is 0.209. The lowest BCUT2D eigenvalue weighted by molar-refractivity contribution is -0.131. The van der Waals surface area contributed by atoms with Gasteiger partial charge >= 0.3 is 0 Å². The van der Waals surface area contributed by atoms with Crippen molar-refractivity contribution >= 4 is 17.7 Å². The minimum Gasteiger partial charge on any atom is -0.383 e. The molecule has 0 radical (unpaired) electrons. The topological polar surface area (TPSA) is 60.2 Å². The SMILES string of the molecule is CCCc1nnc(SCC(=O)N2CCCC[C@@H]2C)n1CCOC. The zero-order chi connectivity index (χ0) is 16.7. The Morgan fingerprint density at radius 1 is 1.39 bits per heavy atom. The summed E-state index contributed by atoms with van der Waals surface area (Å²) in [7, 11) is 1.69. The monoisotopic (exact) mass is 340 g/mol. The molecule has 6 nitrogen and oxygen atoms in total. The van der Waals surface area contributed by atoms with Crippen LogP contribution in [0.4, 0.5) is 0 Å². The van der Waals surface area contributed by atoms with Crippen LogP contribution in [0, 0.1) is 0 Å². The van der Waals surface area contributed by atoms with E-state index in [4.69, 9.17) is 4.74 Å². The number of ether oxygens (including phenoxy) is 1. The Labute approximate surface area is 143 Å². The number of aryl methyl sites for hydroxylation is 1. The number of carbonyl (C=O) groups excluding carboxylic acids is 1. The second-order valence-corrected chi connectivity index (χ2v) is 6.96. The summed E-state index contributed by atoms with van der Waals surface area (Å²) in [5.74, 6) is 1.62. The lowest BCUT2D eigenvalue weighted by Crippen LogP contribution is -2.43. The quantitative estimate of drug-likeness (QED) is 0.680. The van der Waals surface area contributed by atoms with Crippen LogP contribution in [-0.4, -0.2) is 57.6 Å². The van der Waals surface area contributed by atoms with Crippen LogP contribution in [-0.2, 0) is 22.5 Å². The number of amides is 1. The fourth-order valence-corrected chi connectivity index (χ4v) is 3.79. The maximum Gasteiger partial charge on any atom is 0.233 e. The van der Waals surface area contributed by atoms with E-state index >= 15 is 0 Å². The van der Waals surface area contributed by atoms with E-state index in [-0.39, 0.29) is 5.91 Å². The van der Waals surface area contributed by atoms with Gasteiger partial charge in [0.2, 0.25) is 5.91 Å². The van der Waals surface area contributed by atoms with Crippen molar-refractivity contribution in [3.05, 3.63) is 5.82 Å². The van der Waals surface area contributed by atoms with Gasteiger partial charge in [-0.3, -0.25) is 4.79 Å². The van der Waals surface area contributed by atoms with E-state index in [0.717, 1.165) is 49.8 Å². The molecule has 0 unspecified atom stereocenters. The average molecular weight is 340 g/mol. The Bertz CT molecular complexity index is 506. The third kappa shape index (κ3) is 4.94. The van der Waals surface area contributed by atoms with Crippen molar-refractivity contribution in [2.75, 3.05) is 26.0 Å². The zero-order valence-corrected chi connectivity index (χ0v) is 15.3. The summed E-state index contributed by atoms with van der Waals surface area (Å²) in [6.45, 7) is 6.51. The molecule has 0 spiro atoms. The van der Waals surface area contributed by atoms with Gasteiger partial charge in [0, 0.05) is 32.7 Å². The van der Waals surface area contributed by atoms with Gasteiger partial charge in [-0.15, -0.1) is 10.2 Å². The first-order valence-electron chi connectivity index (χ1n) is 8.50. The largest absolute Gasteiger partial charge is 0.383 e. The van der Waals surface area contributed by atoms with E-state index in [0.29, 0.717) is 18.4 Å². The van der Waals surface area contributed by atoms with E-state index in [9.17, 15) is 4.79 Å². The number of hydrogen-bond acceptors (Lipinski definition) is 5. The summed E-state index contributed by atoms with van der Waals surface area (Å²) in [6, 6.07) is 0.360. The summed E-state index contributed by atoms with van der Waals surface area (Å²) in [4.78, 5) is 14.5. The Morgan fingerprint density at radius 2 is 2.22 bits per heavy atom. The smallest absolute Gasteiger partial charge is 0.233 e. The number of carbonyl (C=O) groups is 1. The minimum absolute atomic E-state index is 0.209. The van der Waals surface area contributed by atoms with Crippen molar-refractivity contribution in [3.63, 3.8) is 0 Å². The highest BCUT2D eigenvalue weighted by Crippen LogP contribution is 2.21. The van der Waals surface area contributed by atoms with Crippen LogP contribution < -0.4 is 0 Å². The van der Waals surface area contributed by atoms with Gasteiger partial charge in [-0.1, -0.05) is 18.7 Å². The summed E-state index contributed by atoms with van der Waals surface area (Å²) in [6.07, 6.45) is 5.38. The van der Waals surface area contributed by atoms with Gasteiger partial charge in [-0.05, 0) is 32.6 Å². The molecule has 0 bridgehead atoms. The second kappa shape index (κ2) is 9.27. The molecule has 1 amide bonds. The molecule has 1 aromatic heterocycles. The molecule has 1 aliphatic heterocycles. The zero-order valence-electron chi connectivity index (χ0n) is 14.5. The average Bonchev–Trinajstić information content (AvgIpc) is 2.93. The highest BCUT2D eigenvalue weighted by Gasteiger charge is 2.23. The number of methoxy groups -OCH3 is 1. The molecule has 0 aliphatic carbocycles. The molecule has 0 aromatic carbocycles. The van der Waals surface area contributed by atoms with Crippen LogP contribution in [0.15, 0.2) is 5.16 Å². The molecule has 2 rings (SSSR count). The van der Waals surface area contributed by atoms with E-state index in [1.165, 1.54) is 18.2 Å². The van der Waals surface area contributed by atoms with Crippen LogP contribution in [0.5, 0.6) is 0 Å². The number of hydrogen-bond donors (Lipinski definition) is 0. The Hall–Kier alpha value is -1.08. The molecular weight excluding hydrogens is 312 g/mol. The lowest BCUT2D eigenvalue weighted by Gasteiger charge is -2.33. The fourth-order valence-electron chi connectivity index (χ4n) is 2.92. The molecule has 1 aromatic rings. The molecule has 0 saturated carbocycles. The van der Waals surface area contributed by atoms with Crippen molar-refractivity contribution in [1.29, 1.82) is 0 Å². The van der Waals surface area contributed by atoms with Gasteiger partial charge in [0.05, 0.1) is 12.4 Å². The third-order valence-electron chi connectivity index (χ3n) is 4.23. The van der Waals surface area contributed by atoms with Crippen molar-refractivity contribution in [2.45, 2.75) is 63.7 Å². The van der Waals surface area contributed by atoms with Crippen LogP contribution in [0.2, 0.25) is 0 Å². The molecule has 130 valence electrons. The molecule has 1 fully saturated rings. The number of piperidine rings is 1. The standard InChI is InChI=1S/C16H28N4O2S/c1-4-7-14-17-18-16(20(14)10-11-22-3)23-12-15(21)19-9-6-5-8-13(19)2/h13H,4-12H2,1-3H3/t13-/m0/s1. The van der Waals surface area contributed by atoms with Crippen molar-refractivity contribution in [3.8, 4) is 0 Å². The lowest BCUT2D eigenvalue weighted by atomic mass is 10.0. The van der Waals surface area contributed by atoms with Gasteiger partial charge < -0.3 is 14.2 Å². The molecule has 0 N–H and O–H groups in total. The summed E-state index contributed by atoms with van der Waals surface area (Å²) in [5.41, 5.74) is 0. The van der Waals surface area contributed by atoms with E-state index in [2.05, 4.69) is 28.6 Å². The van der Waals surface area contributed by atoms with Crippen LogP contribution in [0.25, 0.3) is 0 Å². The molecule has 1 saturated heterocycles. The van der Waals surface area contributed by atoms with Crippen molar-refractivity contribution < 1.29 is 9.53 Å². The van der Waals surface area contributed by atoms with Crippen molar-refractivity contribution in [1.82, 2.24) is 19.7 Å². The van der Waals surface area contributed by atoms with E-state index in [1.807, 2.05) is 4.90 Å². The predicted molar refractivity (Wildman–Crippen MR) is 91.6 cm³/mol. The molecular formula is C16H28N4O2S. The second-order valence-electron chi connectivity index (χ2n) is 6.01. The predicted octanol–water partition coefficient (Wildman–Crippen LogP) is 2.37. The fraction of sp³-hybridized carbons (Fsp3) is 0.812. The number of likely N-dealkylation sites (tertiary alicyclic amines) is 1. The molecule has 1 atom stereocenters. The van der Waals surface area contributed by atoms with Gasteiger partial charge in [0.15, 0.2) is 5.16 Å². The summed E-state index contributed by atoms with van der Waals surface area (Å²) in [5, 5.41) is 9.37. The Morgan fingerprint density at radius 3 is 2.91 bits per heavy atom. The maximum atomic E-state index is 12.5. The summed E-state index contributed by atoms with van der Waals surface area (Å²) < 4.78 is 7.27. The van der Waals surface area contributed by atoms with Crippen LogP contribution >= 0.6 is 11.8 Å². The van der Waals surface area contributed by atoms with Crippen LogP contribution in [0.1, 0.15) is 45.4 Å². The highest BCUT2D eigenvalue weighted by molar-refractivity contribution is 7.99. The highest BCUT2D eigenvalue weighted by atomic mass is 32.2. The third-order valence-corrected chi connectivity index (χ3v) is 5.19. The normalized spacial score (nSPS) is 18.4. The van der Waals surface area contributed by atoms with Gasteiger partial charge in [-0.2, -0.15) is 0 Å². The van der Waals surface area contributed by atoms with Crippen LogP contribution in [0.3, 0.4) is 0 Å². The first kappa shape index (κ1) is 18.3. The molecule has 1 aliphatic rings. The number of thioether (sulfide) groups is 1. The maximum absolute atomic E-state index is 12.5. The van der Waals surface area contributed by atoms with Gasteiger partial charge in [0.25, 0.3) is 0 Å². The van der Waals surface area contributed by atoms with Gasteiger partial charge in [-0.25, -0.2) is 0 Å². The van der Waals surface area contributed by atoms with Crippen molar-refractivity contribution in [2.24, 2.45) is 0 Å². The molecule has 2 heterocycles. The molecule has 7 heteroatoms. The van der Waals surface area contributed by atoms with E-state index in [1.54, 1.807) is 7.11 Å². The Balaban J connectivity index is 1.97. The summed E-state index contributed by atoms with van der Waals surface area (Å²) >= 11 is 1.49. The number of nitrogens with zero attached hydrogens (tertiary/aromatic N) is 4. The number of rotatable bonds is 8. The molecule has 23 heavy (non-hydrogen) atoms. The van der Waals surface area contributed by atoms with Gasteiger partial charge in [0.1, 0.15) is 5.82 Å². The van der Waals surface area contributed by atoms with E-state index < -0.39 is 0 Å².